The molecule has 5 nitrogen and oxygen atoms in total. The Bertz CT molecular complexity index is 1140. The molecule has 0 bridgehead atoms. The fourth-order valence-corrected chi connectivity index (χ4v) is 3.25. The molecule has 0 atom stereocenters. The monoisotopic (exact) mass is 414 g/mol. The number of benzene rings is 3. The van der Waals surface area contributed by atoms with Crippen LogP contribution in [0.4, 0.5) is 0 Å². The minimum Gasteiger partial charge on any atom is -0.507 e. The molecule has 0 saturated carbocycles. The standard InChI is InChI=1S/C26H26N2O3/c1-26(2,3)19-9-11-20(12-10-19)31-24-16-27-28-25(24)22-14-13-21(15-23(22)29)30-17-18-7-5-4-6-8-18/h4-16,29H,17H2,1-3H3,(H,27,28). The Hall–Kier alpha value is -3.73. The van der Waals surface area contributed by atoms with Crippen LogP contribution >= 0.6 is 0 Å². The lowest BCUT2D eigenvalue weighted by Crippen LogP contribution is -2.10. The van der Waals surface area contributed by atoms with Gasteiger partial charge in [-0.3, -0.25) is 5.10 Å². The number of phenolic OH excluding ortho intramolecular Hbond substituents is 1. The number of phenols is 1. The third kappa shape index (κ3) is 4.89. The van der Waals surface area contributed by atoms with Gasteiger partial charge in [-0.15, -0.1) is 0 Å². The summed E-state index contributed by atoms with van der Waals surface area (Å²) in [5.41, 5.74) is 3.57. The van der Waals surface area contributed by atoms with Gasteiger partial charge < -0.3 is 14.6 Å². The summed E-state index contributed by atoms with van der Waals surface area (Å²) in [6.07, 6.45) is 1.60. The minimum atomic E-state index is 0.0788. The molecule has 0 aliphatic heterocycles. The third-order valence-corrected chi connectivity index (χ3v) is 5.04. The average Bonchev–Trinajstić information content (AvgIpc) is 3.20. The van der Waals surface area contributed by atoms with Crippen LogP contribution in [0.1, 0.15) is 31.9 Å². The van der Waals surface area contributed by atoms with Crippen molar-refractivity contribution in [3.63, 3.8) is 0 Å². The summed E-state index contributed by atoms with van der Waals surface area (Å²) >= 11 is 0. The van der Waals surface area contributed by atoms with E-state index in [9.17, 15) is 5.11 Å². The van der Waals surface area contributed by atoms with E-state index in [1.165, 1.54) is 5.56 Å². The maximum atomic E-state index is 10.6. The summed E-state index contributed by atoms with van der Waals surface area (Å²) < 4.78 is 11.8. The molecule has 1 aromatic heterocycles. The molecule has 158 valence electrons. The second-order valence-corrected chi connectivity index (χ2v) is 8.44. The van der Waals surface area contributed by atoms with Gasteiger partial charge in [-0.2, -0.15) is 5.10 Å². The van der Waals surface area contributed by atoms with Crippen molar-refractivity contribution in [3.05, 3.63) is 90.1 Å². The van der Waals surface area contributed by atoms with Crippen molar-refractivity contribution in [1.29, 1.82) is 0 Å². The third-order valence-electron chi connectivity index (χ3n) is 5.04. The van der Waals surface area contributed by atoms with Crippen LogP contribution in [-0.4, -0.2) is 15.3 Å². The molecular weight excluding hydrogens is 388 g/mol. The van der Waals surface area contributed by atoms with Gasteiger partial charge in [-0.1, -0.05) is 63.2 Å². The minimum absolute atomic E-state index is 0.0788. The van der Waals surface area contributed by atoms with Crippen LogP contribution in [0.3, 0.4) is 0 Å². The summed E-state index contributed by atoms with van der Waals surface area (Å²) in [7, 11) is 0. The van der Waals surface area contributed by atoms with Gasteiger partial charge in [-0.25, -0.2) is 0 Å². The lowest BCUT2D eigenvalue weighted by molar-refractivity contribution is 0.304. The number of H-pyrrole nitrogens is 1. The molecule has 2 N–H and O–H groups in total. The van der Waals surface area contributed by atoms with Crippen LogP contribution in [0, 0.1) is 0 Å². The molecule has 0 aliphatic carbocycles. The van der Waals surface area contributed by atoms with Crippen LogP contribution in [0.25, 0.3) is 11.3 Å². The Labute approximate surface area is 182 Å². The predicted octanol–water partition coefficient (Wildman–Crippen LogP) is 6.45. The Morgan fingerprint density at radius 3 is 2.29 bits per heavy atom. The van der Waals surface area contributed by atoms with E-state index in [-0.39, 0.29) is 11.2 Å². The van der Waals surface area contributed by atoms with Crippen molar-refractivity contribution >= 4 is 0 Å². The molecule has 0 saturated heterocycles. The van der Waals surface area contributed by atoms with E-state index in [4.69, 9.17) is 9.47 Å². The van der Waals surface area contributed by atoms with Gasteiger partial charge in [0.2, 0.25) is 0 Å². The SMILES string of the molecule is CC(C)(C)c1ccc(Oc2cn[nH]c2-c2ccc(OCc3ccccc3)cc2O)cc1. The van der Waals surface area contributed by atoms with E-state index in [1.807, 2.05) is 48.5 Å². The summed E-state index contributed by atoms with van der Waals surface area (Å²) in [6.45, 7) is 6.95. The molecule has 0 spiro atoms. The van der Waals surface area contributed by atoms with E-state index in [2.05, 4.69) is 43.1 Å². The summed E-state index contributed by atoms with van der Waals surface area (Å²) in [4.78, 5) is 0. The first kappa shape index (κ1) is 20.5. The van der Waals surface area contributed by atoms with Crippen molar-refractivity contribution in [2.45, 2.75) is 32.8 Å². The van der Waals surface area contributed by atoms with Gasteiger partial charge in [0.25, 0.3) is 0 Å². The topological polar surface area (TPSA) is 67.4 Å². The molecule has 0 radical (unpaired) electrons. The van der Waals surface area contributed by atoms with E-state index >= 15 is 0 Å². The highest BCUT2D eigenvalue weighted by Crippen LogP contribution is 2.38. The number of hydrogen-bond donors (Lipinski definition) is 2. The number of nitrogens with one attached hydrogen (secondary N) is 1. The molecule has 5 heteroatoms. The van der Waals surface area contributed by atoms with Crippen LogP contribution in [0.2, 0.25) is 0 Å². The second kappa shape index (κ2) is 8.56. The molecule has 4 rings (SSSR count). The zero-order valence-corrected chi connectivity index (χ0v) is 17.9. The van der Waals surface area contributed by atoms with E-state index in [1.54, 1.807) is 18.3 Å². The molecular formula is C26H26N2O3. The number of nitrogens with zero attached hydrogens (tertiary/aromatic N) is 1. The fraction of sp³-hybridized carbons (Fsp3) is 0.192. The maximum absolute atomic E-state index is 10.6. The molecule has 0 aliphatic rings. The van der Waals surface area contributed by atoms with E-state index < -0.39 is 0 Å². The number of aromatic nitrogens is 2. The van der Waals surface area contributed by atoms with E-state index in [0.29, 0.717) is 35.1 Å². The first-order chi connectivity index (χ1) is 14.9. The number of aromatic hydroxyl groups is 1. The Balaban J connectivity index is 1.50. The largest absolute Gasteiger partial charge is 0.507 e. The predicted molar refractivity (Wildman–Crippen MR) is 122 cm³/mol. The first-order valence-corrected chi connectivity index (χ1v) is 10.2. The van der Waals surface area contributed by atoms with Crippen molar-refractivity contribution < 1.29 is 14.6 Å². The average molecular weight is 415 g/mol. The van der Waals surface area contributed by atoms with Crippen LogP contribution < -0.4 is 9.47 Å². The van der Waals surface area contributed by atoms with Crippen LogP contribution in [-0.2, 0) is 12.0 Å². The fourth-order valence-electron chi connectivity index (χ4n) is 3.25. The zero-order chi connectivity index (χ0) is 21.8. The number of aromatic amines is 1. The Morgan fingerprint density at radius 2 is 1.61 bits per heavy atom. The second-order valence-electron chi connectivity index (χ2n) is 8.44. The van der Waals surface area contributed by atoms with Crippen LogP contribution in [0.15, 0.2) is 79.0 Å². The number of rotatable bonds is 6. The van der Waals surface area contributed by atoms with Gasteiger partial charge >= 0.3 is 0 Å². The quantitative estimate of drug-likeness (QED) is 0.380. The van der Waals surface area contributed by atoms with Crippen LogP contribution in [0.5, 0.6) is 23.0 Å². The highest BCUT2D eigenvalue weighted by Gasteiger charge is 2.16. The Kier molecular flexibility index (Phi) is 5.67. The van der Waals surface area contributed by atoms with Gasteiger partial charge in [-0.05, 0) is 40.8 Å². The zero-order valence-electron chi connectivity index (χ0n) is 17.9. The van der Waals surface area contributed by atoms with E-state index in [0.717, 1.165) is 5.56 Å². The smallest absolute Gasteiger partial charge is 0.173 e. The number of hydrogen-bond acceptors (Lipinski definition) is 4. The Morgan fingerprint density at radius 1 is 0.903 bits per heavy atom. The maximum Gasteiger partial charge on any atom is 0.173 e. The molecule has 31 heavy (non-hydrogen) atoms. The van der Waals surface area contributed by atoms with Gasteiger partial charge in [0.05, 0.1) is 6.20 Å². The van der Waals surface area contributed by atoms with Crippen molar-refractivity contribution in [2.75, 3.05) is 0 Å². The molecule has 0 amide bonds. The highest BCUT2D eigenvalue weighted by atomic mass is 16.5. The highest BCUT2D eigenvalue weighted by molar-refractivity contribution is 5.73. The molecule has 0 fully saturated rings. The first-order valence-electron chi connectivity index (χ1n) is 10.2. The summed E-state index contributed by atoms with van der Waals surface area (Å²) in [5.74, 6) is 1.92. The van der Waals surface area contributed by atoms with Crippen molar-refractivity contribution in [1.82, 2.24) is 10.2 Å². The van der Waals surface area contributed by atoms with Gasteiger partial charge in [0, 0.05) is 11.6 Å². The summed E-state index contributed by atoms with van der Waals surface area (Å²) in [6, 6.07) is 23.1. The van der Waals surface area contributed by atoms with Crippen molar-refractivity contribution in [2.24, 2.45) is 0 Å². The van der Waals surface area contributed by atoms with Crippen molar-refractivity contribution in [3.8, 4) is 34.3 Å². The molecule has 1 heterocycles. The molecule has 3 aromatic carbocycles. The lowest BCUT2D eigenvalue weighted by atomic mass is 9.87. The van der Waals surface area contributed by atoms with Gasteiger partial charge in [0.1, 0.15) is 29.5 Å². The summed E-state index contributed by atoms with van der Waals surface area (Å²) in [5, 5.41) is 17.6. The lowest BCUT2D eigenvalue weighted by Gasteiger charge is -2.19. The number of ether oxygens (including phenoxy) is 2. The normalized spacial score (nSPS) is 11.3. The molecule has 4 aromatic rings. The van der Waals surface area contributed by atoms with Gasteiger partial charge in [0.15, 0.2) is 5.75 Å². The molecule has 0 unspecified atom stereocenters.